The van der Waals surface area contributed by atoms with E-state index < -0.39 is 0 Å². The Hall–Kier alpha value is -1.91. The van der Waals surface area contributed by atoms with Crippen LogP contribution >= 0.6 is 23.2 Å². The summed E-state index contributed by atoms with van der Waals surface area (Å²) in [5.74, 6) is 1.51. The van der Waals surface area contributed by atoms with Gasteiger partial charge in [-0.15, -0.1) is 0 Å². The lowest BCUT2D eigenvalue weighted by Crippen LogP contribution is -2.16. The number of hydrazone groups is 1. The molecule has 1 aliphatic heterocycles. The van der Waals surface area contributed by atoms with E-state index in [1.54, 1.807) is 0 Å². The molecule has 0 saturated heterocycles. The van der Waals surface area contributed by atoms with E-state index in [9.17, 15) is 0 Å². The van der Waals surface area contributed by atoms with Crippen LogP contribution in [0, 0.1) is 0 Å². The molecule has 23 heavy (non-hydrogen) atoms. The summed E-state index contributed by atoms with van der Waals surface area (Å²) in [7, 11) is 0. The summed E-state index contributed by atoms with van der Waals surface area (Å²) < 4.78 is 11.1. The van der Waals surface area contributed by atoms with Gasteiger partial charge in [0.1, 0.15) is 13.2 Å². The zero-order valence-corrected chi connectivity index (χ0v) is 14.1. The predicted molar refractivity (Wildman–Crippen MR) is 92.9 cm³/mol. The lowest BCUT2D eigenvalue weighted by Gasteiger charge is -2.18. The third-order valence-corrected chi connectivity index (χ3v) is 4.23. The monoisotopic (exact) mass is 350 g/mol. The van der Waals surface area contributed by atoms with Crippen molar-refractivity contribution < 1.29 is 9.47 Å². The maximum absolute atomic E-state index is 6.14. The molecule has 1 N–H and O–H groups in total. The lowest BCUT2D eigenvalue weighted by molar-refractivity contribution is 0.171. The van der Waals surface area contributed by atoms with Gasteiger partial charge in [0.15, 0.2) is 11.5 Å². The molecule has 2 aromatic carbocycles. The van der Waals surface area contributed by atoms with Crippen molar-refractivity contribution in [2.75, 3.05) is 13.2 Å². The number of hydrogen-bond donors (Lipinski definition) is 1. The Bertz CT molecular complexity index is 727. The Morgan fingerprint density at radius 2 is 1.78 bits per heavy atom. The summed E-state index contributed by atoms with van der Waals surface area (Å²) in [6.45, 7) is 3.53. The Labute approximate surface area is 145 Å². The zero-order chi connectivity index (χ0) is 16.2. The molecule has 120 valence electrons. The van der Waals surface area contributed by atoms with Crippen molar-refractivity contribution >= 4 is 28.9 Å². The molecule has 0 atom stereocenters. The summed E-state index contributed by atoms with van der Waals surface area (Å²) in [5.41, 5.74) is 5.64. The number of rotatable bonds is 4. The maximum atomic E-state index is 6.14. The van der Waals surface area contributed by atoms with Crippen molar-refractivity contribution in [3.8, 4) is 11.5 Å². The lowest BCUT2D eigenvalue weighted by atomic mass is 10.1. The molecule has 0 saturated carbocycles. The number of nitrogens with one attached hydrogen (secondary N) is 1. The first kappa shape index (κ1) is 16.0. The molecule has 2 aromatic rings. The molecular weight excluding hydrogens is 335 g/mol. The van der Waals surface area contributed by atoms with Gasteiger partial charge in [0.05, 0.1) is 12.3 Å². The van der Waals surface area contributed by atoms with Gasteiger partial charge in [-0.05, 0) is 37.3 Å². The number of ether oxygens (including phenoxy) is 2. The number of benzene rings is 2. The third kappa shape index (κ3) is 3.71. The highest BCUT2D eigenvalue weighted by Gasteiger charge is 2.12. The molecular formula is C17H16Cl2N2O2. The van der Waals surface area contributed by atoms with Gasteiger partial charge in [-0.25, -0.2) is 0 Å². The van der Waals surface area contributed by atoms with Crippen LogP contribution in [0.25, 0.3) is 0 Å². The molecule has 6 heteroatoms. The molecule has 0 unspecified atom stereocenters. The van der Waals surface area contributed by atoms with Crippen LogP contribution in [-0.4, -0.2) is 18.9 Å². The molecule has 0 amide bonds. The fourth-order valence-electron chi connectivity index (χ4n) is 2.27. The average Bonchev–Trinajstić information content (AvgIpc) is 2.57. The van der Waals surface area contributed by atoms with Gasteiger partial charge in [-0.1, -0.05) is 29.3 Å². The summed E-state index contributed by atoms with van der Waals surface area (Å²) in [4.78, 5) is 0. The van der Waals surface area contributed by atoms with E-state index in [0.29, 0.717) is 29.8 Å². The number of halogens is 2. The zero-order valence-electron chi connectivity index (χ0n) is 12.6. The predicted octanol–water partition coefficient (Wildman–Crippen LogP) is 4.28. The summed E-state index contributed by atoms with van der Waals surface area (Å²) in [5, 5.41) is 5.62. The Morgan fingerprint density at radius 1 is 1.09 bits per heavy atom. The maximum Gasteiger partial charge on any atom is 0.162 e. The fourth-order valence-corrected chi connectivity index (χ4v) is 2.80. The van der Waals surface area contributed by atoms with Crippen molar-refractivity contribution in [3.05, 3.63) is 57.6 Å². The highest BCUT2D eigenvalue weighted by Crippen LogP contribution is 2.31. The minimum atomic E-state index is 0.459. The normalized spacial score (nSPS) is 13.8. The van der Waals surface area contributed by atoms with Crippen LogP contribution in [0.2, 0.25) is 10.0 Å². The Balaban J connectivity index is 1.70. The van der Waals surface area contributed by atoms with Crippen molar-refractivity contribution in [3.63, 3.8) is 0 Å². The van der Waals surface area contributed by atoms with Crippen molar-refractivity contribution in [2.45, 2.75) is 13.5 Å². The van der Waals surface area contributed by atoms with E-state index in [1.165, 1.54) is 0 Å². The second-order valence-electron chi connectivity index (χ2n) is 5.09. The Kier molecular flexibility index (Phi) is 4.94. The average molecular weight is 351 g/mol. The minimum absolute atomic E-state index is 0.459. The largest absolute Gasteiger partial charge is 0.486 e. The SMILES string of the molecule is C/C(=N\NCc1c(Cl)cccc1Cl)c1ccc2c(c1)OCCO2. The standard InChI is InChI=1S/C17H16Cl2N2O2/c1-11(12-5-6-16-17(9-12)23-8-7-22-16)21-20-10-13-14(18)3-2-4-15(13)19/h2-6,9,20H,7-8,10H2,1H3/b21-11+. The van der Waals surface area contributed by atoms with Gasteiger partial charge >= 0.3 is 0 Å². The quantitative estimate of drug-likeness (QED) is 0.661. The Morgan fingerprint density at radius 3 is 2.52 bits per heavy atom. The molecule has 4 nitrogen and oxygen atoms in total. The van der Waals surface area contributed by atoms with Gasteiger partial charge in [0.25, 0.3) is 0 Å². The minimum Gasteiger partial charge on any atom is -0.486 e. The van der Waals surface area contributed by atoms with Gasteiger partial charge in [0, 0.05) is 21.2 Å². The van der Waals surface area contributed by atoms with Crippen molar-refractivity contribution in [1.82, 2.24) is 5.43 Å². The van der Waals surface area contributed by atoms with E-state index in [1.807, 2.05) is 43.3 Å². The van der Waals surface area contributed by atoms with Crippen LogP contribution in [-0.2, 0) is 6.54 Å². The summed E-state index contributed by atoms with van der Waals surface area (Å²) in [6, 6.07) is 11.2. The smallest absolute Gasteiger partial charge is 0.162 e. The first-order valence-corrected chi connectivity index (χ1v) is 8.01. The molecule has 0 aliphatic carbocycles. The summed E-state index contributed by atoms with van der Waals surface area (Å²) in [6.07, 6.45) is 0. The van der Waals surface area contributed by atoms with Crippen LogP contribution in [0.1, 0.15) is 18.1 Å². The van der Waals surface area contributed by atoms with Gasteiger partial charge in [-0.3, -0.25) is 0 Å². The van der Waals surface area contributed by atoms with Crippen LogP contribution in [0.4, 0.5) is 0 Å². The molecule has 0 spiro atoms. The second kappa shape index (κ2) is 7.11. The molecule has 3 rings (SSSR count). The third-order valence-electron chi connectivity index (χ3n) is 3.52. The highest BCUT2D eigenvalue weighted by molar-refractivity contribution is 6.35. The van der Waals surface area contributed by atoms with Gasteiger partial charge in [-0.2, -0.15) is 5.10 Å². The van der Waals surface area contributed by atoms with Crippen LogP contribution in [0.3, 0.4) is 0 Å². The molecule has 1 heterocycles. The molecule has 0 radical (unpaired) electrons. The molecule has 0 fully saturated rings. The van der Waals surface area contributed by atoms with Gasteiger partial charge in [0.2, 0.25) is 0 Å². The van der Waals surface area contributed by atoms with Gasteiger partial charge < -0.3 is 14.9 Å². The fraction of sp³-hybridized carbons (Fsp3) is 0.235. The van der Waals surface area contributed by atoms with Crippen LogP contribution in [0.5, 0.6) is 11.5 Å². The number of nitrogens with zero attached hydrogens (tertiary/aromatic N) is 1. The molecule has 0 aromatic heterocycles. The van der Waals surface area contributed by atoms with E-state index in [0.717, 1.165) is 28.3 Å². The number of hydrogen-bond acceptors (Lipinski definition) is 4. The first-order chi connectivity index (χ1) is 11.1. The van der Waals surface area contributed by atoms with Crippen LogP contribution < -0.4 is 14.9 Å². The van der Waals surface area contributed by atoms with Crippen LogP contribution in [0.15, 0.2) is 41.5 Å². The van der Waals surface area contributed by atoms with E-state index >= 15 is 0 Å². The number of fused-ring (bicyclic) bond motifs is 1. The van der Waals surface area contributed by atoms with Crippen molar-refractivity contribution in [2.24, 2.45) is 5.10 Å². The molecule has 1 aliphatic rings. The second-order valence-corrected chi connectivity index (χ2v) is 5.91. The summed E-state index contributed by atoms with van der Waals surface area (Å²) >= 11 is 12.3. The van der Waals surface area contributed by atoms with E-state index in [-0.39, 0.29) is 0 Å². The topological polar surface area (TPSA) is 42.9 Å². The highest BCUT2D eigenvalue weighted by atomic mass is 35.5. The molecule has 0 bridgehead atoms. The van der Waals surface area contributed by atoms with E-state index in [2.05, 4.69) is 10.5 Å². The van der Waals surface area contributed by atoms with Crippen molar-refractivity contribution in [1.29, 1.82) is 0 Å². The first-order valence-electron chi connectivity index (χ1n) is 7.25. The van der Waals surface area contributed by atoms with E-state index in [4.69, 9.17) is 32.7 Å².